The fourth-order valence-corrected chi connectivity index (χ4v) is 7.07. The number of rotatable bonds is 5. The number of benzene rings is 2. The number of thiazole rings is 1. The number of nitrogens with one attached hydrogen (secondary N) is 2. The molecule has 2 aliphatic heterocycles. The first kappa shape index (κ1) is 28.2. The summed E-state index contributed by atoms with van der Waals surface area (Å²) in [5.74, 6) is -1.96. The minimum atomic E-state index is -1.34. The van der Waals surface area contributed by atoms with Crippen LogP contribution < -0.4 is 15.4 Å². The number of hydrogen-bond donors (Lipinski definition) is 3. The normalized spacial score (nSPS) is 29.0. The van der Waals surface area contributed by atoms with Crippen molar-refractivity contribution in [3.8, 4) is 5.19 Å². The van der Waals surface area contributed by atoms with Gasteiger partial charge in [0.2, 0.25) is 11.8 Å². The Balaban J connectivity index is 1.28. The molecule has 42 heavy (non-hydrogen) atoms. The van der Waals surface area contributed by atoms with E-state index >= 15 is 0 Å². The topological polar surface area (TPSA) is 121 Å². The molecule has 9 nitrogen and oxygen atoms in total. The number of ether oxygens (including phenoxy) is 1. The molecule has 1 saturated heterocycles. The third-order valence-corrected chi connectivity index (χ3v) is 9.44. The van der Waals surface area contributed by atoms with Crippen molar-refractivity contribution in [2.24, 2.45) is 5.92 Å². The molecule has 2 amide bonds. The maximum atomic E-state index is 14.2. The summed E-state index contributed by atoms with van der Waals surface area (Å²) in [6.45, 7) is 2.23. The number of hydrogen-bond acceptors (Lipinski definition) is 7. The standard InChI is InChI=1S/C32H36N4O5S/c1-20-14-15-24-27(16-20)42-31(34-24)41-23-17-26-28(37)35-32(30(39)40)18-21(32)10-6-3-2-4-9-13-25(29(38)36(26)19-23)33-22-11-7-5-8-12-22/h5-8,10-12,14-16,21,23,25-26,33H,2-4,9,13,17-19H2,1H3,(H,35,37)(H,39,40)/b10-6-/t21-,23+,25-,26-,32+/m0/s1. The minimum absolute atomic E-state index is 0.185. The van der Waals surface area contributed by atoms with Crippen molar-refractivity contribution in [2.75, 3.05) is 11.9 Å². The molecule has 1 saturated carbocycles. The molecule has 1 aromatic heterocycles. The number of nitrogens with zero attached hydrogens (tertiary/aromatic N) is 2. The lowest BCUT2D eigenvalue weighted by atomic mass is 10.0. The molecule has 10 heteroatoms. The van der Waals surface area contributed by atoms with Gasteiger partial charge >= 0.3 is 5.97 Å². The first-order valence-corrected chi connectivity index (χ1v) is 15.5. The molecule has 3 N–H and O–H groups in total. The summed E-state index contributed by atoms with van der Waals surface area (Å²) in [5, 5.41) is 16.8. The monoisotopic (exact) mass is 588 g/mol. The Kier molecular flexibility index (Phi) is 7.90. The second kappa shape index (κ2) is 11.8. The molecule has 2 fully saturated rings. The maximum Gasteiger partial charge on any atom is 0.330 e. The van der Waals surface area contributed by atoms with Gasteiger partial charge < -0.3 is 25.4 Å². The number of amides is 2. The van der Waals surface area contributed by atoms with Crippen LogP contribution in [0, 0.1) is 12.8 Å². The molecule has 1 aliphatic carbocycles. The number of allylic oxidation sites excluding steroid dienone is 1. The predicted molar refractivity (Wildman–Crippen MR) is 162 cm³/mol. The van der Waals surface area contributed by atoms with Gasteiger partial charge in [0.25, 0.3) is 5.19 Å². The van der Waals surface area contributed by atoms with Crippen LogP contribution in [0.5, 0.6) is 5.19 Å². The molecular formula is C32H36N4O5S. The van der Waals surface area contributed by atoms with Crippen LogP contribution in [0.3, 0.4) is 0 Å². The quantitative estimate of drug-likeness (QED) is 0.362. The van der Waals surface area contributed by atoms with Crippen LogP contribution in [0.2, 0.25) is 0 Å². The van der Waals surface area contributed by atoms with Crippen LogP contribution in [0.25, 0.3) is 10.2 Å². The molecule has 220 valence electrons. The highest BCUT2D eigenvalue weighted by atomic mass is 32.1. The van der Waals surface area contributed by atoms with E-state index in [0.29, 0.717) is 18.0 Å². The summed E-state index contributed by atoms with van der Waals surface area (Å²) >= 11 is 1.44. The third kappa shape index (κ3) is 5.86. The van der Waals surface area contributed by atoms with Gasteiger partial charge in [0.15, 0.2) is 0 Å². The molecular weight excluding hydrogens is 552 g/mol. The summed E-state index contributed by atoms with van der Waals surface area (Å²) in [4.78, 5) is 46.5. The third-order valence-electron chi connectivity index (χ3n) is 8.53. The average Bonchev–Trinajstić information content (AvgIpc) is 3.29. The predicted octanol–water partition coefficient (Wildman–Crippen LogP) is 4.91. The van der Waals surface area contributed by atoms with Gasteiger partial charge in [0.1, 0.15) is 23.7 Å². The van der Waals surface area contributed by atoms with E-state index in [1.807, 2.05) is 61.5 Å². The largest absolute Gasteiger partial charge is 0.479 e. The molecule has 3 heterocycles. The van der Waals surface area contributed by atoms with Gasteiger partial charge in [-0.15, -0.1) is 0 Å². The number of aliphatic carboxylic acids is 1. The number of aryl methyl sites for hydroxylation is 1. The highest BCUT2D eigenvalue weighted by Crippen LogP contribution is 2.45. The van der Waals surface area contributed by atoms with Crippen LogP contribution in [-0.4, -0.2) is 63.0 Å². The fraction of sp³-hybridized carbons (Fsp3) is 0.438. The lowest BCUT2D eigenvalue weighted by molar-refractivity contribution is -0.145. The molecule has 2 aromatic carbocycles. The van der Waals surface area contributed by atoms with Crippen molar-refractivity contribution in [3.63, 3.8) is 0 Å². The number of carbonyl (C=O) groups is 3. The van der Waals surface area contributed by atoms with Crippen LogP contribution in [0.4, 0.5) is 5.69 Å². The maximum absolute atomic E-state index is 14.2. The molecule has 0 unspecified atom stereocenters. The first-order chi connectivity index (χ1) is 20.3. The van der Waals surface area contributed by atoms with Crippen molar-refractivity contribution in [1.29, 1.82) is 0 Å². The summed E-state index contributed by atoms with van der Waals surface area (Å²) in [7, 11) is 0. The first-order valence-electron chi connectivity index (χ1n) is 14.7. The lowest BCUT2D eigenvalue weighted by Crippen LogP contribution is -2.55. The van der Waals surface area contributed by atoms with Gasteiger partial charge in [-0.25, -0.2) is 9.78 Å². The van der Waals surface area contributed by atoms with Crippen molar-refractivity contribution in [1.82, 2.24) is 15.2 Å². The second-order valence-corrected chi connectivity index (χ2v) is 12.6. The van der Waals surface area contributed by atoms with Gasteiger partial charge in [-0.05, 0) is 62.4 Å². The van der Waals surface area contributed by atoms with E-state index in [0.717, 1.165) is 47.2 Å². The van der Waals surface area contributed by atoms with Gasteiger partial charge in [-0.1, -0.05) is 60.6 Å². The number of anilines is 1. The second-order valence-electron chi connectivity index (χ2n) is 11.6. The van der Waals surface area contributed by atoms with Crippen molar-refractivity contribution in [2.45, 2.75) is 75.6 Å². The smallest absolute Gasteiger partial charge is 0.330 e. The van der Waals surface area contributed by atoms with Gasteiger partial charge in [0.05, 0.1) is 16.8 Å². The summed E-state index contributed by atoms with van der Waals surface area (Å²) in [6.07, 6.45) is 8.28. The van der Waals surface area contributed by atoms with Gasteiger partial charge in [-0.3, -0.25) is 9.59 Å². The van der Waals surface area contributed by atoms with Crippen LogP contribution >= 0.6 is 11.3 Å². The van der Waals surface area contributed by atoms with E-state index in [2.05, 4.69) is 21.7 Å². The van der Waals surface area contributed by atoms with Crippen molar-refractivity contribution < 1.29 is 24.2 Å². The van der Waals surface area contributed by atoms with E-state index in [4.69, 9.17) is 4.74 Å². The molecule has 0 radical (unpaired) electrons. The Morgan fingerprint density at radius 1 is 1.17 bits per heavy atom. The SMILES string of the molecule is Cc1ccc2nc(O[C@@H]3C[C@H]4C(=O)N[C@]5(C(=O)O)C[C@@H]5/C=C\CCCCC[C@H](Nc5ccccc5)C(=O)N4C3)sc2c1. The van der Waals surface area contributed by atoms with Crippen LogP contribution in [-0.2, 0) is 14.4 Å². The minimum Gasteiger partial charge on any atom is -0.479 e. The number of para-hydroxylation sites is 1. The van der Waals surface area contributed by atoms with E-state index in [-0.39, 0.29) is 24.8 Å². The molecule has 0 bridgehead atoms. The van der Waals surface area contributed by atoms with Crippen molar-refractivity contribution >= 4 is 45.0 Å². The zero-order valence-electron chi connectivity index (χ0n) is 23.6. The summed E-state index contributed by atoms with van der Waals surface area (Å²) in [5.41, 5.74) is 1.46. The Morgan fingerprint density at radius 3 is 2.81 bits per heavy atom. The number of carboxylic acid groups (broad SMARTS) is 1. The Morgan fingerprint density at radius 2 is 2.00 bits per heavy atom. The van der Waals surface area contributed by atoms with Gasteiger partial charge in [-0.2, -0.15) is 0 Å². The zero-order valence-corrected chi connectivity index (χ0v) is 24.4. The number of carboxylic acids is 1. The van der Waals surface area contributed by atoms with Gasteiger partial charge in [0, 0.05) is 18.0 Å². The molecule has 5 atom stereocenters. The average molecular weight is 589 g/mol. The zero-order chi connectivity index (χ0) is 29.3. The number of carbonyl (C=O) groups excluding carboxylic acids is 2. The number of fused-ring (bicyclic) bond motifs is 3. The molecule has 0 spiro atoms. The Bertz CT molecular complexity index is 1510. The van der Waals surface area contributed by atoms with E-state index < -0.39 is 35.6 Å². The molecule has 3 aromatic rings. The van der Waals surface area contributed by atoms with Crippen LogP contribution in [0.15, 0.2) is 60.7 Å². The molecule has 3 aliphatic rings. The van der Waals surface area contributed by atoms with Crippen LogP contribution in [0.1, 0.15) is 50.5 Å². The fourth-order valence-electron chi connectivity index (χ4n) is 6.09. The lowest BCUT2D eigenvalue weighted by Gasteiger charge is -2.30. The molecule has 6 rings (SSSR count). The summed E-state index contributed by atoms with van der Waals surface area (Å²) in [6, 6.07) is 14.2. The highest BCUT2D eigenvalue weighted by molar-refractivity contribution is 7.20. The Labute approximate surface area is 249 Å². The van der Waals surface area contributed by atoms with E-state index in [1.165, 1.54) is 11.3 Å². The number of aromatic nitrogens is 1. The highest BCUT2D eigenvalue weighted by Gasteiger charge is 2.61. The van der Waals surface area contributed by atoms with Crippen molar-refractivity contribution in [3.05, 3.63) is 66.2 Å². The Hall–Kier alpha value is -3.92. The van der Waals surface area contributed by atoms with E-state index in [9.17, 15) is 19.5 Å². The van der Waals surface area contributed by atoms with E-state index in [1.54, 1.807) is 4.90 Å². The summed E-state index contributed by atoms with van der Waals surface area (Å²) < 4.78 is 7.30.